The van der Waals surface area contributed by atoms with Crippen molar-refractivity contribution < 1.29 is 22.7 Å². The summed E-state index contributed by atoms with van der Waals surface area (Å²) in [6, 6.07) is 2.63. The van der Waals surface area contributed by atoms with Crippen LogP contribution in [-0.4, -0.2) is 50.8 Å². The molecule has 0 aliphatic carbocycles. The molecule has 0 unspecified atom stereocenters. The second-order valence-corrected chi connectivity index (χ2v) is 9.72. The minimum absolute atomic E-state index is 0.107. The second-order valence-electron chi connectivity index (χ2n) is 7.89. The average Bonchev–Trinajstić information content (AvgIpc) is 2.54. The molecular formula is C19H28N2O5S. The van der Waals surface area contributed by atoms with Crippen LogP contribution in [0.4, 0.5) is 0 Å². The molecule has 7 nitrogen and oxygen atoms in total. The number of sulfonamides is 1. The summed E-state index contributed by atoms with van der Waals surface area (Å²) < 4.78 is 32.6. The van der Waals surface area contributed by atoms with Crippen LogP contribution in [0, 0.1) is 13.8 Å². The first kappa shape index (κ1) is 21.4. The predicted octanol–water partition coefficient (Wildman–Crippen LogP) is 1.65. The van der Waals surface area contributed by atoms with Gasteiger partial charge in [0.2, 0.25) is 15.9 Å². The largest absolute Gasteiger partial charge is 0.469 e. The molecular weight excluding hydrogens is 368 g/mol. The maximum atomic E-state index is 13.4. The van der Waals surface area contributed by atoms with Crippen LogP contribution < -0.4 is 5.32 Å². The second kappa shape index (κ2) is 7.59. The lowest BCUT2D eigenvalue weighted by atomic mass is 9.85. The molecule has 2 rings (SSSR count). The fourth-order valence-electron chi connectivity index (χ4n) is 3.32. The third-order valence-corrected chi connectivity index (χ3v) is 6.98. The molecule has 1 saturated heterocycles. The first-order chi connectivity index (χ1) is 12.4. The summed E-state index contributed by atoms with van der Waals surface area (Å²) in [5.41, 5.74) is 2.18. The van der Waals surface area contributed by atoms with Crippen molar-refractivity contribution in [3.63, 3.8) is 0 Å². The van der Waals surface area contributed by atoms with Gasteiger partial charge in [-0.2, -0.15) is 4.31 Å². The number of carbonyl (C=O) groups excluding carboxylic acids is 2. The standard InChI is InChI=1S/C19H28N2O5S/c1-12-9-14(19(3,4)5)10-13(2)17(12)27(24,25)21-8-7-20-18(23)15(21)11-16(22)26-6/h9-10,15H,7-8,11H2,1-6H3,(H,20,23)/t15-/m0/s1. The Hall–Kier alpha value is -1.93. The number of hydrogen-bond donors (Lipinski definition) is 1. The molecule has 1 heterocycles. The topological polar surface area (TPSA) is 92.8 Å². The molecule has 1 atom stereocenters. The van der Waals surface area contributed by atoms with E-state index in [0.717, 1.165) is 9.87 Å². The number of piperazine rings is 1. The molecule has 1 aliphatic heterocycles. The molecule has 8 heteroatoms. The molecule has 150 valence electrons. The number of rotatable bonds is 4. The molecule has 1 fully saturated rings. The van der Waals surface area contributed by atoms with Gasteiger partial charge >= 0.3 is 5.97 Å². The van der Waals surface area contributed by atoms with E-state index in [-0.39, 0.29) is 29.8 Å². The van der Waals surface area contributed by atoms with Crippen LogP contribution in [-0.2, 0) is 29.8 Å². The lowest BCUT2D eigenvalue weighted by molar-refractivity contribution is -0.144. The van der Waals surface area contributed by atoms with E-state index < -0.39 is 27.9 Å². The van der Waals surface area contributed by atoms with Crippen LogP contribution in [0.25, 0.3) is 0 Å². The summed E-state index contributed by atoms with van der Waals surface area (Å²) in [6.07, 6.45) is -0.320. The van der Waals surface area contributed by atoms with Gasteiger partial charge in [0, 0.05) is 13.1 Å². The number of carbonyl (C=O) groups is 2. The first-order valence-corrected chi connectivity index (χ1v) is 10.3. The van der Waals surface area contributed by atoms with Gasteiger partial charge in [-0.05, 0) is 36.0 Å². The van der Waals surface area contributed by atoms with Gasteiger partial charge in [0.25, 0.3) is 0 Å². The SMILES string of the molecule is COC(=O)C[C@H]1C(=O)NCCN1S(=O)(=O)c1c(C)cc(C(C)(C)C)cc1C. The van der Waals surface area contributed by atoms with Crippen molar-refractivity contribution in [2.24, 2.45) is 0 Å². The quantitative estimate of drug-likeness (QED) is 0.781. The zero-order chi connectivity index (χ0) is 20.6. The number of methoxy groups -OCH3 is 1. The maximum Gasteiger partial charge on any atom is 0.307 e. The van der Waals surface area contributed by atoms with Gasteiger partial charge in [-0.1, -0.05) is 32.9 Å². The molecule has 1 aliphatic rings. The Kier molecular flexibility index (Phi) is 6.01. The van der Waals surface area contributed by atoms with Gasteiger partial charge in [0.15, 0.2) is 0 Å². The highest BCUT2D eigenvalue weighted by Crippen LogP contribution is 2.32. The molecule has 1 aromatic rings. The van der Waals surface area contributed by atoms with Crippen molar-refractivity contribution in [2.75, 3.05) is 20.2 Å². The average molecular weight is 397 g/mol. The molecule has 27 heavy (non-hydrogen) atoms. The summed E-state index contributed by atoms with van der Waals surface area (Å²) in [6.45, 7) is 10.0. The van der Waals surface area contributed by atoms with Gasteiger partial charge in [0.05, 0.1) is 18.4 Å². The van der Waals surface area contributed by atoms with Crippen LogP contribution in [0.15, 0.2) is 17.0 Å². The summed E-state index contributed by atoms with van der Waals surface area (Å²) in [5, 5.41) is 2.62. The molecule has 0 spiro atoms. The number of nitrogens with zero attached hydrogens (tertiary/aromatic N) is 1. The van der Waals surface area contributed by atoms with E-state index in [2.05, 4.69) is 30.8 Å². The van der Waals surface area contributed by atoms with E-state index in [0.29, 0.717) is 11.1 Å². The first-order valence-electron chi connectivity index (χ1n) is 8.87. The predicted molar refractivity (Wildman–Crippen MR) is 102 cm³/mol. The van der Waals surface area contributed by atoms with Crippen LogP contribution in [0.3, 0.4) is 0 Å². The van der Waals surface area contributed by atoms with E-state index in [1.165, 1.54) is 7.11 Å². The molecule has 1 aromatic carbocycles. The molecule has 0 radical (unpaired) electrons. The van der Waals surface area contributed by atoms with Crippen LogP contribution in [0.5, 0.6) is 0 Å². The number of esters is 1. The normalized spacial score (nSPS) is 18.9. The Balaban J connectivity index is 2.53. The molecule has 0 bridgehead atoms. The number of amides is 1. The van der Waals surface area contributed by atoms with Gasteiger partial charge in [0.1, 0.15) is 6.04 Å². The lowest BCUT2D eigenvalue weighted by Gasteiger charge is -2.34. The highest BCUT2D eigenvalue weighted by atomic mass is 32.2. The summed E-state index contributed by atoms with van der Waals surface area (Å²) in [4.78, 5) is 24.2. The van der Waals surface area contributed by atoms with Gasteiger partial charge in [-0.15, -0.1) is 0 Å². The van der Waals surface area contributed by atoms with Gasteiger partial charge in [-0.3, -0.25) is 9.59 Å². The molecule has 1 N–H and O–H groups in total. The Morgan fingerprint density at radius 1 is 1.26 bits per heavy atom. The van der Waals surface area contributed by atoms with E-state index in [1.54, 1.807) is 13.8 Å². The van der Waals surface area contributed by atoms with Crippen molar-refractivity contribution in [2.45, 2.75) is 57.4 Å². The van der Waals surface area contributed by atoms with Gasteiger partial charge < -0.3 is 10.1 Å². The summed E-state index contributed by atoms with van der Waals surface area (Å²) >= 11 is 0. The fourth-order valence-corrected chi connectivity index (χ4v) is 5.33. The third-order valence-electron chi connectivity index (χ3n) is 4.76. The Morgan fingerprint density at radius 3 is 2.30 bits per heavy atom. The fraction of sp³-hybridized carbons (Fsp3) is 0.579. The smallest absolute Gasteiger partial charge is 0.307 e. The summed E-state index contributed by atoms with van der Waals surface area (Å²) in [5.74, 6) is -1.12. The van der Waals surface area contributed by atoms with E-state index in [4.69, 9.17) is 0 Å². The van der Waals surface area contributed by atoms with Crippen LogP contribution in [0.1, 0.15) is 43.9 Å². The van der Waals surface area contributed by atoms with Crippen molar-refractivity contribution in [3.8, 4) is 0 Å². The molecule has 0 aromatic heterocycles. The van der Waals surface area contributed by atoms with Crippen LogP contribution in [0.2, 0.25) is 0 Å². The monoisotopic (exact) mass is 396 g/mol. The molecule has 0 saturated carbocycles. The van der Waals surface area contributed by atoms with Crippen molar-refractivity contribution in [3.05, 3.63) is 28.8 Å². The zero-order valence-corrected chi connectivity index (χ0v) is 17.6. The lowest BCUT2D eigenvalue weighted by Crippen LogP contribution is -2.57. The molecule has 1 amide bonds. The summed E-state index contributed by atoms with van der Waals surface area (Å²) in [7, 11) is -2.75. The number of hydrogen-bond acceptors (Lipinski definition) is 5. The number of aryl methyl sites for hydroxylation is 2. The number of nitrogens with one attached hydrogen (secondary N) is 1. The van der Waals surface area contributed by atoms with Gasteiger partial charge in [-0.25, -0.2) is 8.42 Å². The Morgan fingerprint density at radius 2 is 1.81 bits per heavy atom. The third kappa shape index (κ3) is 4.32. The maximum absolute atomic E-state index is 13.4. The van der Waals surface area contributed by atoms with E-state index in [9.17, 15) is 18.0 Å². The minimum Gasteiger partial charge on any atom is -0.469 e. The highest BCUT2D eigenvalue weighted by molar-refractivity contribution is 7.89. The van der Waals surface area contributed by atoms with E-state index in [1.807, 2.05) is 12.1 Å². The minimum atomic E-state index is -3.96. The van der Waals surface area contributed by atoms with Crippen LogP contribution >= 0.6 is 0 Å². The van der Waals surface area contributed by atoms with Crippen molar-refractivity contribution >= 4 is 21.9 Å². The highest BCUT2D eigenvalue weighted by Gasteiger charge is 2.41. The Labute approximate surface area is 161 Å². The van der Waals surface area contributed by atoms with Crippen molar-refractivity contribution in [1.82, 2.24) is 9.62 Å². The number of ether oxygens (including phenoxy) is 1. The Bertz CT molecular complexity index is 832. The van der Waals surface area contributed by atoms with Crippen molar-refractivity contribution in [1.29, 1.82) is 0 Å². The number of benzene rings is 1. The van der Waals surface area contributed by atoms with E-state index >= 15 is 0 Å². The zero-order valence-electron chi connectivity index (χ0n) is 16.8.